The summed E-state index contributed by atoms with van der Waals surface area (Å²) in [4.78, 5) is 27.5. The molecule has 210 valence electrons. The van der Waals surface area contributed by atoms with Crippen LogP contribution in [-0.4, -0.2) is 33.5 Å². The Morgan fingerprint density at radius 3 is 1.95 bits per heavy atom. The van der Waals surface area contributed by atoms with Crippen molar-refractivity contribution >= 4 is 20.3 Å². The maximum Gasteiger partial charge on any atom is 0.325 e. The molecule has 5 nitrogen and oxygen atoms in total. The zero-order valence-corrected chi connectivity index (χ0v) is 26.0. The lowest BCUT2D eigenvalue weighted by Gasteiger charge is -2.45. The van der Waals surface area contributed by atoms with Crippen molar-refractivity contribution in [3.8, 4) is 11.8 Å². The fourth-order valence-corrected chi connectivity index (χ4v) is 11.7. The van der Waals surface area contributed by atoms with Gasteiger partial charge in [-0.05, 0) is 67.9 Å². The molecule has 0 aromatic heterocycles. The van der Waals surface area contributed by atoms with Crippen molar-refractivity contribution in [3.05, 3.63) is 47.2 Å². The Hall–Kier alpha value is -2.52. The Morgan fingerprint density at radius 1 is 0.947 bits per heavy atom. The molecule has 1 unspecified atom stereocenters. The van der Waals surface area contributed by atoms with Crippen molar-refractivity contribution in [1.29, 1.82) is 0 Å². The van der Waals surface area contributed by atoms with Crippen molar-refractivity contribution in [2.24, 2.45) is 11.3 Å². The summed E-state index contributed by atoms with van der Waals surface area (Å²) in [5.74, 6) is 5.69. The molecule has 0 amide bonds. The molecule has 1 atom stereocenters. The first kappa shape index (κ1) is 31.7. The summed E-state index contributed by atoms with van der Waals surface area (Å²) in [5.41, 5.74) is 1.48. The molecule has 0 radical (unpaired) electrons. The zero-order valence-electron chi connectivity index (χ0n) is 25.0. The van der Waals surface area contributed by atoms with E-state index in [1.165, 1.54) is 0 Å². The normalized spacial score (nSPS) is 16.4. The predicted molar refractivity (Wildman–Crippen MR) is 156 cm³/mol. The first-order valence-corrected chi connectivity index (χ1v) is 16.4. The van der Waals surface area contributed by atoms with Crippen LogP contribution in [0.15, 0.2) is 41.7 Å². The first-order chi connectivity index (χ1) is 18.0. The van der Waals surface area contributed by atoms with Crippen LogP contribution in [0.4, 0.5) is 0 Å². The second-order valence-electron chi connectivity index (χ2n) is 11.2. The lowest BCUT2D eigenvalue weighted by atomic mass is 9.65. The van der Waals surface area contributed by atoms with Crippen molar-refractivity contribution in [1.82, 2.24) is 0 Å². The molecule has 0 fully saturated rings. The second kappa shape index (κ2) is 14.0. The van der Waals surface area contributed by atoms with Gasteiger partial charge in [0.1, 0.15) is 0 Å². The average molecular weight is 541 g/mol. The average Bonchev–Trinajstić information content (AvgIpc) is 2.86. The van der Waals surface area contributed by atoms with Gasteiger partial charge in [-0.25, -0.2) is 0 Å². The summed E-state index contributed by atoms with van der Waals surface area (Å²) >= 11 is 0. The Balaban J connectivity index is 2.69. The van der Waals surface area contributed by atoms with E-state index in [4.69, 9.17) is 13.9 Å². The molecule has 2 rings (SSSR count). The van der Waals surface area contributed by atoms with Crippen LogP contribution in [0.1, 0.15) is 93.6 Å². The van der Waals surface area contributed by atoms with E-state index in [2.05, 4.69) is 53.4 Å². The fourth-order valence-electron chi connectivity index (χ4n) is 6.35. The van der Waals surface area contributed by atoms with Gasteiger partial charge in [-0.1, -0.05) is 71.6 Å². The Bertz CT molecular complexity index is 989. The number of carbonyl (C=O) groups is 2. The van der Waals surface area contributed by atoms with Gasteiger partial charge in [0.25, 0.3) is 8.32 Å². The van der Waals surface area contributed by atoms with E-state index < -0.39 is 31.6 Å². The molecule has 0 N–H and O–H groups in total. The zero-order chi connectivity index (χ0) is 28.5. The highest BCUT2D eigenvalue weighted by Gasteiger charge is 2.56. The summed E-state index contributed by atoms with van der Waals surface area (Å²) in [5, 5.41) is 0. The lowest BCUT2D eigenvalue weighted by Crippen LogP contribution is -2.50. The molecule has 1 aliphatic carbocycles. The number of benzene rings is 1. The maximum atomic E-state index is 13.7. The molecule has 1 aliphatic rings. The predicted octanol–water partition coefficient (Wildman–Crippen LogP) is 7.81. The van der Waals surface area contributed by atoms with Crippen LogP contribution in [0.2, 0.25) is 16.6 Å². The third kappa shape index (κ3) is 6.54. The third-order valence-electron chi connectivity index (χ3n) is 8.11. The Labute approximate surface area is 231 Å². The summed E-state index contributed by atoms with van der Waals surface area (Å²) in [7, 11) is -2.22. The molecule has 1 aromatic carbocycles. The van der Waals surface area contributed by atoms with Gasteiger partial charge in [0.15, 0.2) is 5.41 Å². The summed E-state index contributed by atoms with van der Waals surface area (Å²) < 4.78 is 18.3. The quantitative estimate of drug-likeness (QED) is 0.124. The third-order valence-corrected chi connectivity index (χ3v) is 14.1. The number of hydrogen-bond acceptors (Lipinski definition) is 5. The van der Waals surface area contributed by atoms with Crippen molar-refractivity contribution in [2.45, 2.75) is 105 Å². The molecule has 0 spiro atoms. The van der Waals surface area contributed by atoms with E-state index in [9.17, 15) is 9.59 Å². The topological polar surface area (TPSA) is 61.8 Å². The molecular formula is C32H48O5Si. The number of allylic oxidation sites excluding steroid dienone is 2. The van der Waals surface area contributed by atoms with E-state index in [0.717, 1.165) is 29.7 Å². The highest BCUT2D eigenvalue weighted by atomic mass is 28.4. The maximum absolute atomic E-state index is 13.7. The van der Waals surface area contributed by atoms with Crippen LogP contribution in [0.3, 0.4) is 0 Å². The van der Waals surface area contributed by atoms with Gasteiger partial charge in [0.05, 0.1) is 19.0 Å². The van der Waals surface area contributed by atoms with Gasteiger partial charge in [0.2, 0.25) is 0 Å². The van der Waals surface area contributed by atoms with Gasteiger partial charge in [0, 0.05) is 24.3 Å². The van der Waals surface area contributed by atoms with E-state index in [0.29, 0.717) is 23.0 Å². The largest absolute Gasteiger partial charge is 0.546 e. The minimum Gasteiger partial charge on any atom is -0.546 e. The fraction of sp³-hybridized carbons (Fsp3) is 0.625. The molecular weight excluding hydrogens is 492 g/mol. The number of esters is 2. The van der Waals surface area contributed by atoms with E-state index in [1.807, 2.05) is 37.3 Å². The minimum absolute atomic E-state index is 0.0238. The molecule has 38 heavy (non-hydrogen) atoms. The first-order valence-electron chi connectivity index (χ1n) is 14.3. The number of ether oxygens (including phenoxy) is 2. The molecule has 0 bridgehead atoms. The molecule has 0 saturated heterocycles. The lowest BCUT2D eigenvalue weighted by molar-refractivity contribution is -0.176. The van der Waals surface area contributed by atoms with E-state index >= 15 is 0 Å². The Kier molecular flexibility index (Phi) is 11.7. The molecule has 0 heterocycles. The van der Waals surface area contributed by atoms with Crippen molar-refractivity contribution < 1.29 is 23.5 Å². The summed E-state index contributed by atoms with van der Waals surface area (Å²) in [6.45, 7) is 19.5. The summed E-state index contributed by atoms with van der Waals surface area (Å²) in [6.07, 6.45) is 2.32. The smallest absolute Gasteiger partial charge is 0.325 e. The van der Waals surface area contributed by atoms with Gasteiger partial charge in [-0.2, -0.15) is 0 Å². The van der Waals surface area contributed by atoms with E-state index in [1.54, 1.807) is 13.8 Å². The highest BCUT2D eigenvalue weighted by Crippen LogP contribution is 2.50. The van der Waals surface area contributed by atoms with Gasteiger partial charge < -0.3 is 13.9 Å². The van der Waals surface area contributed by atoms with Crippen LogP contribution < -0.4 is 0 Å². The minimum atomic E-state index is -2.22. The van der Waals surface area contributed by atoms with Gasteiger partial charge in [-0.15, -0.1) is 0 Å². The van der Waals surface area contributed by atoms with Crippen LogP contribution in [0, 0.1) is 23.2 Å². The molecule has 0 saturated carbocycles. The van der Waals surface area contributed by atoms with Crippen molar-refractivity contribution in [3.63, 3.8) is 0 Å². The number of carbonyl (C=O) groups excluding carboxylic acids is 2. The van der Waals surface area contributed by atoms with Gasteiger partial charge >= 0.3 is 11.9 Å². The SMILES string of the molecule is CCOC(=O)C(CC#Cc1ccccc1)(C(=O)OCC)C1CCCC(O[Si](C(C)C)(C(C)C)C(C)C)=C1C. The molecule has 0 aliphatic heterocycles. The van der Waals surface area contributed by atoms with Gasteiger partial charge in [-0.3, -0.25) is 9.59 Å². The Morgan fingerprint density at radius 2 is 1.47 bits per heavy atom. The highest BCUT2D eigenvalue weighted by molar-refractivity contribution is 6.77. The van der Waals surface area contributed by atoms with Crippen LogP contribution in [0.5, 0.6) is 0 Å². The number of hydrogen-bond donors (Lipinski definition) is 0. The standard InChI is InChI=1S/C32H48O5Si/c1-10-35-30(33)32(31(34)36-11-2,22-16-19-27-17-13-12-14-18-27)28-20-15-21-29(26(28)9)37-38(23(3)4,24(5)6)25(7)8/h12-14,17-18,23-25,28H,10-11,15,20-22H2,1-9H3. The monoisotopic (exact) mass is 540 g/mol. The molecule has 1 aromatic rings. The molecule has 6 heteroatoms. The second-order valence-corrected chi connectivity index (χ2v) is 16.6. The van der Waals surface area contributed by atoms with E-state index in [-0.39, 0.29) is 19.6 Å². The van der Waals surface area contributed by atoms with Crippen LogP contribution >= 0.6 is 0 Å². The van der Waals surface area contributed by atoms with Crippen LogP contribution in [-0.2, 0) is 23.5 Å². The number of rotatable bonds is 11. The summed E-state index contributed by atoms with van der Waals surface area (Å²) in [6, 6.07) is 9.59. The van der Waals surface area contributed by atoms with Crippen LogP contribution in [0.25, 0.3) is 0 Å². The van der Waals surface area contributed by atoms with Crippen molar-refractivity contribution in [2.75, 3.05) is 13.2 Å².